The summed E-state index contributed by atoms with van der Waals surface area (Å²) >= 11 is 0. The molecule has 2 fully saturated rings. The molecule has 0 aromatic heterocycles. The molecule has 3 rings (SSSR count). The third-order valence-corrected chi connectivity index (χ3v) is 4.84. The monoisotopic (exact) mass is 293 g/mol. The van der Waals surface area contributed by atoms with Crippen molar-refractivity contribution in [2.75, 3.05) is 6.54 Å². The molecule has 114 valence electrons. The van der Waals surface area contributed by atoms with Gasteiger partial charge in [-0.25, -0.2) is 8.78 Å². The molecular weight excluding hydrogens is 272 g/mol. The molecule has 1 heterocycles. The molecule has 2 nitrogen and oxygen atoms in total. The molecule has 2 unspecified atom stereocenters. The number of fused-ring (bicyclic) bond motifs is 2. The number of benzene rings is 1. The third kappa shape index (κ3) is 2.56. The lowest BCUT2D eigenvalue weighted by Gasteiger charge is -2.39. The van der Waals surface area contributed by atoms with Gasteiger partial charge in [0.05, 0.1) is 0 Å². The second kappa shape index (κ2) is 4.52. The fourth-order valence-corrected chi connectivity index (χ4v) is 4.49. The third-order valence-electron chi connectivity index (χ3n) is 4.84. The first-order chi connectivity index (χ1) is 9.69. The van der Waals surface area contributed by atoms with Gasteiger partial charge in [-0.1, -0.05) is 20.8 Å². The van der Waals surface area contributed by atoms with Crippen molar-refractivity contribution >= 4 is 5.91 Å². The predicted octanol–water partition coefficient (Wildman–Crippen LogP) is 4.01. The maximum atomic E-state index is 13.3. The Hall–Kier alpha value is -1.45. The van der Waals surface area contributed by atoms with Crippen LogP contribution in [0.1, 0.15) is 50.4 Å². The lowest BCUT2D eigenvalue weighted by molar-refractivity contribution is 0.0707. The number of halogens is 2. The van der Waals surface area contributed by atoms with Crippen molar-refractivity contribution in [1.29, 1.82) is 0 Å². The number of carbonyl (C=O) groups is 1. The Bertz CT molecular complexity index is 598. The van der Waals surface area contributed by atoms with Crippen molar-refractivity contribution in [3.05, 3.63) is 35.4 Å². The van der Waals surface area contributed by atoms with Crippen molar-refractivity contribution < 1.29 is 13.6 Å². The van der Waals surface area contributed by atoms with Crippen LogP contribution in [0.5, 0.6) is 0 Å². The molecule has 2 atom stereocenters. The van der Waals surface area contributed by atoms with Crippen molar-refractivity contribution in [1.82, 2.24) is 4.90 Å². The van der Waals surface area contributed by atoms with Gasteiger partial charge < -0.3 is 4.90 Å². The van der Waals surface area contributed by atoms with Gasteiger partial charge in [0, 0.05) is 18.2 Å². The second-order valence-corrected chi connectivity index (χ2v) is 7.78. The summed E-state index contributed by atoms with van der Waals surface area (Å²) in [5.41, 5.74) is 0.601. The van der Waals surface area contributed by atoms with Gasteiger partial charge in [0.1, 0.15) is 0 Å². The van der Waals surface area contributed by atoms with Crippen LogP contribution in [0.25, 0.3) is 0 Å². The van der Waals surface area contributed by atoms with E-state index in [1.165, 1.54) is 6.07 Å². The Morgan fingerprint density at radius 1 is 1.19 bits per heavy atom. The average molecular weight is 293 g/mol. The van der Waals surface area contributed by atoms with Gasteiger partial charge in [-0.15, -0.1) is 0 Å². The highest BCUT2D eigenvalue weighted by atomic mass is 19.2. The van der Waals surface area contributed by atoms with E-state index in [4.69, 9.17) is 0 Å². The highest BCUT2D eigenvalue weighted by Crippen LogP contribution is 2.52. The molecule has 1 saturated heterocycles. The van der Waals surface area contributed by atoms with Crippen LogP contribution in [0.4, 0.5) is 8.78 Å². The number of hydrogen-bond acceptors (Lipinski definition) is 1. The molecule has 1 saturated carbocycles. The molecule has 0 spiro atoms. The Morgan fingerprint density at radius 3 is 2.57 bits per heavy atom. The van der Waals surface area contributed by atoms with Crippen LogP contribution in [0.2, 0.25) is 0 Å². The van der Waals surface area contributed by atoms with E-state index in [1.54, 1.807) is 0 Å². The fourth-order valence-electron chi connectivity index (χ4n) is 4.49. The lowest BCUT2D eigenvalue weighted by Crippen LogP contribution is -2.37. The maximum Gasteiger partial charge on any atom is 0.254 e. The minimum atomic E-state index is -0.963. The fraction of sp³-hybridized carbons (Fsp3) is 0.588. The standard InChI is InChI=1S/C17H21F2NO/c1-16(2)7-12-8-17(3,9-16)10-20(12)15(21)11-4-5-13(18)14(19)6-11/h4-6,12H,7-10H2,1-3H3. The van der Waals surface area contributed by atoms with Crippen LogP contribution >= 0.6 is 0 Å². The Labute approximate surface area is 124 Å². The first-order valence-electron chi connectivity index (χ1n) is 7.45. The average Bonchev–Trinajstić information content (AvgIpc) is 2.61. The second-order valence-electron chi connectivity index (χ2n) is 7.78. The van der Waals surface area contributed by atoms with Crippen LogP contribution in [0, 0.1) is 22.5 Å². The van der Waals surface area contributed by atoms with E-state index in [0.717, 1.165) is 31.4 Å². The quantitative estimate of drug-likeness (QED) is 0.766. The van der Waals surface area contributed by atoms with Crippen molar-refractivity contribution in [3.8, 4) is 0 Å². The van der Waals surface area contributed by atoms with Crippen molar-refractivity contribution in [3.63, 3.8) is 0 Å². The summed E-state index contributed by atoms with van der Waals surface area (Å²) in [6.07, 6.45) is 3.07. The van der Waals surface area contributed by atoms with Crippen LogP contribution in [-0.2, 0) is 0 Å². The van der Waals surface area contributed by atoms with Gasteiger partial charge in [-0.3, -0.25) is 4.79 Å². The maximum absolute atomic E-state index is 13.3. The molecule has 0 radical (unpaired) electrons. The molecule has 4 heteroatoms. The van der Waals surface area contributed by atoms with E-state index in [1.807, 2.05) is 4.90 Å². The highest BCUT2D eigenvalue weighted by molar-refractivity contribution is 5.94. The first kappa shape index (κ1) is 14.5. The summed E-state index contributed by atoms with van der Waals surface area (Å²) in [5.74, 6) is -2.06. The van der Waals surface area contributed by atoms with Crippen LogP contribution in [0.15, 0.2) is 18.2 Å². The minimum absolute atomic E-state index is 0.140. The van der Waals surface area contributed by atoms with Gasteiger partial charge >= 0.3 is 0 Å². The highest BCUT2D eigenvalue weighted by Gasteiger charge is 2.51. The number of nitrogens with zero attached hydrogens (tertiary/aromatic N) is 1. The summed E-state index contributed by atoms with van der Waals surface area (Å²) in [6, 6.07) is 3.61. The molecule has 1 aromatic carbocycles. The largest absolute Gasteiger partial charge is 0.335 e. The number of rotatable bonds is 1. The predicted molar refractivity (Wildman–Crippen MR) is 76.9 cm³/mol. The normalized spacial score (nSPS) is 30.5. The molecule has 2 bridgehead atoms. The number of carbonyl (C=O) groups excluding carboxylic acids is 1. The van der Waals surface area contributed by atoms with Gasteiger partial charge in [-0.05, 0) is 48.3 Å². The number of likely N-dealkylation sites (tertiary alicyclic amines) is 1. The van der Waals surface area contributed by atoms with E-state index >= 15 is 0 Å². The van der Waals surface area contributed by atoms with Crippen molar-refractivity contribution in [2.24, 2.45) is 10.8 Å². The molecule has 1 aromatic rings. The van der Waals surface area contributed by atoms with Crippen LogP contribution < -0.4 is 0 Å². The Kier molecular flexibility index (Phi) is 3.12. The molecular formula is C17H21F2NO. The van der Waals surface area contributed by atoms with Crippen molar-refractivity contribution in [2.45, 2.75) is 46.1 Å². The van der Waals surface area contributed by atoms with Gasteiger partial charge in [0.25, 0.3) is 5.91 Å². The zero-order valence-electron chi connectivity index (χ0n) is 12.7. The minimum Gasteiger partial charge on any atom is -0.335 e. The summed E-state index contributed by atoms with van der Waals surface area (Å²) in [6.45, 7) is 7.41. The molecule has 2 aliphatic rings. The summed E-state index contributed by atoms with van der Waals surface area (Å²) in [7, 11) is 0. The van der Waals surface area contributed by atoms with Gasteiger partial charge in [0.15, 0.2) is 11.6 Å². The molecule has 1 aliphatic carbocycles. The van der Waals surface area contributed by atoms with Gasteiger partial charge in [0.2, 0.25) is 0 Å². The molecule has 1 aliphatic heterocycles. The summed E-state index contributed by atoms with van der Waals surface area (Å²) in [4.78, 5) is 14.5. The Morgan fingerprint density at radius 2 is 1.90 bits per heavy atom. The smallest absolute Gasteiger partial charge is 0.254 e. The Balaban J connectivity index is 1.87. The van der Waals surface area contributed by atoms with E-state index < -0.39 is 11.6 Å². The number of hydrogen-bond donors (Lipinski definition) is 0. The van der Waals surface area contributed by atoms with E-state index in [9.17, 15) is 13.6 Å². The molecule has 1 amide bonds. The molecule has 21 heavy (non-hydrogen) atoms. The van der Waals surface area contributed by atoms with Crippen LogP contribution in [-0.4, -0.2) is 23.4 Å². The molecule has 0 N–H and O–H groups in total. The topological polar surface area (TPSA) is 20.3 Å². The number of amides is 1. The zero-order chi connectivity index (χ0) is 15.4. The van der Waals surface area contributed by atoms with E-state index in [0.29, 0.717) is 6.54 Å². The SMILES string of the molecule is CC1(C)CC2CC(C)(CN2C(=O)c2ccc(F)c(F)c2)C1. The summed E-state index contributed by atoms with van der Waals surface area (Å²) in [5, 5.41) is 0. The first-order valence-corrected chi connectivity index (χ1v) is 7.45. The van der Waals surface area contributed by atoms with Gasteiger partial charge in [-0.2, -0.15) is 0 Å². The zero-order valence-corrected chi connectivity index (χ0v) is 12.7. The van der Waals surface area contributed by atoms with Crippen LogP contribution in [0.3, 0.4) is 0 Å². The lowest BCUT2D eigenvalue weighted by atomic mass is 9.65. The summed E-state index contributed by atoms with van der Waals surface area (Å²) < 4.78 is 26.4. The van der Waals surface area contributed by atoms with E-state index in [-0.39, 0.29) is 28.3 Å². The van der Waals surface area contributed by atoms with E-state index in [2.05, 4.69) is 20.8 Å².